The van der Waals surface area contributed by atoms with E-state index in [4.69, 9.17) is 33.7 Å². The van der Waals surface area contributed by atoms with E-state index >= 15 is 0 Å². The van der Waals surface area contributed by atoms with Gasteiger partial charge in [-0.25, -0.2) is 9.59 Å². The predicted molar refractivity (Wildman–Crippen MR) is 263 cm³/mol. The van der Waals surface area contributed by atoms with E-state index in [1.165, 1.54) is 0 Å². The van der Waals surface area contributed by atoms with E-state index in [1.807, 2.05) is 54.6 Å². The molecule has 5 aromatic rings. The number of primary amides is 1. The summed E-state index contributed by atoms with van der Waals surface area (Å²) in [6.07, 6.45) is -0.401. The van der Waals surface area contributed by atoms with Crippen LogP contribution in [0.4, 0.5) is 26.7 Å². The van der Waals surface area contributed by atoms with E-state index in [1.54, 1.807) is 54.0 Å². The molecule has 0 radical (unpaired) electrons. The number of urea groups is 1. The zero-order valence-corrected chi connectivity index (χ0v) is 39.2. The first kappa shape index (κ1) is 49.1. The second kappa shape index (κ2) is 21.9. The van der Waals surface area contributed by atoms with Gasteiger partial charge in [-0.3, -0.25) is 19.2 Å². The summed E-state index contributed by atoms with van der Waals surface area (Å²) in [5.74, 6) is -0.879. The molecule has 16 nitrogen and oxygen atoms in total. The van der Waals surface area contributed by atoms with E-state index in [0.717, 1.165) is 32.8 Å². The van der Waals surface area contributed by atoms with Crippen molar-refractivity contribution in [3.63, 3.8) is 0 Å². The van der Waals surface area contributed by atoms with Gasteiger partial charge in [-0.1, -0.05) is 74.5 Å². The first-order chi connectivity index (χ1) is 32.7. The first-order valence-corrected chi connectivity index (χ1v) is 23.6. The molecule has 0 saturated carbocycles. The molecule has 18 heteroatoms. The number of carbonyl (C=O) groups excluding carboxylic acids is 5. The fraction of sp³-hybridized carbons (Fsp3) is 0.360. The zero-order valence-electron chi connectivity index (χ0n) is 37.7. The Hall–Kier alpha value is -6.78. The number of carboxylic acid groups (broad SMARTS) is 1. The highest BCUT2D eigenvalue weighted by Crippen LogP contribution is 2.47. The third-order valence-electron chi connectivity index (χ3n) is 12.5. The largest absolute Gasteiger partial charge is 0.507 e. The zero-order chi connectivity index (χ0) is 48.6. The van der Waals surface area contributed by atoms with Gasteiger partial charge in [-0.15, -0.1) is 23.2 Å². The van der Waals surface area contributed by atoms with Gasteiger partial charge in [0.05, 0.1) is 11.4 Å². The number of fused-ring (bicyclic) bond motifs is 6. The second-order valence-corrected chi connectivity index (χ2v) is 18.0. The van der Waals surface area contributed by atoms with Gasteiger partial charge in [0.1, 0.15) is 30.2 Å². The molecule has 0 spiro atoms. The van der Waals surface area contributed by atoms with Gasteiger partial charge >= 0.3 is 12.1 Å². The summed E-state index contributed by atoms with van der Waals surface area (Å²) in [7, 11) is 0. The van der Waals surface area contributed by atoms with Crippen molar-refractivity contribution in [1.82, 2.24) is 16.0 Å². The number of rotatable bonds is 19. The van der Waals surface area contributed by atoms with Crippen LogP contribution in [-0.4, -0.2) is 89.4 Å². The molecule has 2 heterocycles. The van der Waals surface area contributed by atoms with E-state index in [9.17, 15) is 39.0 Å². The molecule has 8 N–H and O–H groups in total. The topological polar surface area (TPSA) is 233 Å². The quantitative estimate of drug-likeness (QED) is 0.0318. The number of alkyl halides is 2. The number of phenols is 1. The lowest BCUT2D eigenvalue weighted by Crippen LogP contribution is -2.54. The van der Waals surface area contributed by atoms with Gasteiger partial charge in [0.2, 0.25) is 23.6 Å². The number of nitrogens with two attached hydrogens (primary N) is 1. The Bertz CT molecular complexity index is 2720. The highest BCUT2D eigenvalue weighted by atomic mass is 35.5. The van der Waals surface area contributed by atoms with Crippen LogP contribution in [0.5, 0.6) is 11.5 Å². The van der Waals surface area contributed by atoms with E-state index in [-0.39, 0.29) is 61.8 Å². The Balaban J connectivity index is 1.01. The number of aromatic hydroxyl groups is 1. The SMILES string of the molecule is CC(C)[C@H](NC(=O)O)C(=O)N[C@@H](CCCNC(N)=O)C(=O)Nc1ccc(COc2cc3c(c4ccccc24)[C@H](CCl)CN3C(=O)CCCC(=O)N2C[C@@H](CCl)c3c2cc(O)c2ccccc32)cc1. The number of hydrogen-bond acceptors (Lipinski definition) is 8. The molecule has 5 aromatic carbocycles. The monoisotopic (exact) mass is 967 g/mol. The lowest BCUT2D eigenvalue weighted by atomic mass is 9.95. The summed E-state index contributed by atoms with van der Waals surface area (Å²) >= 11 is 12.9. The number of halogens is 2. The number of ether oxygens (including phenoxy) is 1. The number of anilines is 3. The third kappa shape index (κ3) is 11.0. The van der Waals surface area contributed by atoms with Crippen molar-refractivity contribution in [2.45, 2.75) is 76.5 Å². The molecular formula is C50H55Cl2N7O9. The molecule has 68 heavy (non-hydrogen) atoms. The van der Waals surface area contributed by atoms with Crippen LogP contribution in [-0.2, 0) is 25.8 Å². The first-order valence-electron chi connectivity index (χ1n) is 22.6. The number of phenolic OH excluding ortho intramolecular Hbond substituents is 1. The van der Waals surface area contributed by atoms with Crippen molar-refractivity contribution < 1.29 is 43.7 Å². The third-order valence-corrected chi connectivity index (χ3v) is 13.2. The molecule has 0 aliphatic carbocycles. The summed E-state index contributed by atoms with van der Waals surface area (Å²) in [4.78, 5) is 80.3. The maximum absolute atomic E-state index is 14.0. The lowest BCUT2D eigenvalue weighted by molar-refractivity contribution is -0.128. The molecule has 0 bridgehead atoms. The predicted octanol–water partition coefficient (Wildman–Crippen LogP) is 7.65. The Morgan fingerprint density at radius 3 is 1.87 bits per heavy atom. The molecule has 0 aromatic heterocycles. The molecule has 0 unspecified atom stereocenters. The number of amides is 7. The Morgan fingerprint density at radius 2 is 1.31 bits per heavy atom. The summed E-state index contributed by atoms with van der Waals surface area (Å²) < 4.78 is 6.45. The van der Waals surface area contributed by atoms with Gasteiger partial charge in [-0.2, -0.15) is 0 Å². The Labute approximate surface area is 403 Å². The van der Waals surface area contributed by atoms with E-state index in [0.29, 0.717) is 65.9 Å². The van der Waals surface area contributed by atoms with Crippen LogP contribution in [0.25, 0.3) is 21.5 Å². The van der Waals surface area contributed by atoms with Crippen LogP contribution in [0.15, 0.2) is 84.9 Å². The van der Waals surface area contributed by atoms with Gasteiger partial charge in [0.15, 0.2) is 0 Å². The molecule has 0 fully saturated rings. The number of nitrogens with one attached hydrogen (secondary N) is 4. The number of nitrogens with zero attached hydrogens (tertiary/aromatic N) is 2. The van der Waals surface area contributed by atoms with E-state index < -0.39 is 41.9 Å². The molecule has 7 amide bonds. The maximum Gasteiger partial charge on any atom is 0.405 e. The molecule has 4 atom stereocenters. The van der Waals surface area contributed by atoms with Gasteiger partial charge in [0, 0.05) is 84.7 Å². The van der Waals surface area contributed by atoms with Crippen LogP contribution >= 0.6 is 23.2 Å². The molecular weight excluding hydrogens is 913 g/mol. The van der Waals surface area contributed by atoms with Crippen molar-refractivity contribution in [2.24, 2.45) is 11.7 Å². The molecule has 2 aliphatic heterocycles. The van der Waals surface area contributed by atoms with Crippen LogP contribution in [0.1, 0.15) is 74.5 Å². The molecule has 0 saturated heterocycles. The average Bonchev–Trinajstić information content (AvgIpc) is 3.90. The van der Waals surface area contributed by atoms with E-state index in [2.05, 4.69) is 21.3 Å². The van der Waals surface area contributed by atoms with Crippen LogP contribution < -0.4 is 41.5 Å². The van der Waals surface area contributed by atoms with Crippen molar-refractivity contribution >= 4 is 97.6 Å². The minimum atomic E-state index is -1.38. The minimum absolute atomic E-state index is 0.0925. The number of benzene rings is 5. The molecule has 2 aliphatic rings. The standard InChI is InChI=1S/C50H55Cl2N7O9/c1-28(2)46(57-50(66)67)48(64)56-37(13-8-20-54-49(53)65)47(63)55-32-18-16-29(17-19-32)27-68-41-22-39-45(36-12-6-4-10-34(36)41)31(24-52)26-59(39)43(62)15-7-14-42(61)58-25-30(23-51)44-35-11-5-3-9-33(35)40(60)21-38(44)58/h3-6,9-12,16-19,21-22,28,30-31,37,46,57,60H,7-8,13-15,20,23-27H2,1-2H3,(H,55,63)(H,56,64)(H,66,67)(H3,53,54,65)/t30-,31-,37+,46+/m1/s1. The Morgan fingerprint density at radius 1 is 0.750 bits per heavy atom. The second-order valence-electron chi connectivity index (χ2n) is 17.4. The van der Waals surface area contributed by atoms with Gasteiger partial charge < -0.3 is 51.8 Å². The van der Waals surface area contributed by atoms with Crippen molar-refractivity contribution in [2.75, 3.05) is 46.5 Å². The van der Waals surface area contributed by atoms with Crippen LogP contribution in [0.2, 0.25) is 0 Å². The normalized spacial score (nSPS) is 16.0. The Kier molecular flexibility index (Phi) is 15.8. The smallest absolute Gasteiger partial charge is 0.405 e. The number of hydrogen-bond donors (Lipinski definition) is 7. The summed E-state index contributed by atoms with van der Waals surface area (Å²) in [6, 6.07) is 22.9. The van der Waals surface area contributed by atoms with Gasteiger partial charge in [-0.05, 0) is 64.8 Å². The van der Waals surface area contributed by atoms with Crippen molar-refractivity contribution in [1.29, 1.82) is 0 Å². The average molecular weight is 969 g/mol. The fourth-order valence-corrected chi connectivity index (χ4v) is 9.64. The van der Waals surface area contributed by atoms with Crippen molar-refractivity contribution in [3.8, 4) is 11.5 Å². The van der Waals surface area contributed by atoms with Crippen LogP contribution in [0.3, 0.4) is 0 Å². The highest BCUT2D eigenvalue weighted by Gasteiger charge is 2.37. The summed E-state index contributed by atoms with van der Waals surface area (Å²) in [5, 5.41) is 33.5. The number of carbonyl (C=O) groups is 6. The minimum Gasteiger partial charge on any atom is -0.507 e. The molecule has 7 rings (SSSR count). The molecule has 358 valence electrons. The maximum atomic E-state index is 14.0. The summed E-state index contributed by atoms with van der Waals surface area (Å²) in [6.45, 7) is 4.42. The van der Waals surface area contributed by atoms with Gasteiger partial charge in [0.25, 0.3) is 0 Å². The van der Waals surface area contributed by atoms with Crippen molar-refractivity contribution in [3.05, 3.63) is 102 Å². The van der Waals surface area contributed by atoms with Crippen LogP contribution in [0, 0.1) is 5.92 Å². The highest BCUT2D eigenvalue weighted by molar-refractivity contribution is 6.19. The fourth-order valence-electron chi connectivity index (χ4n) is 9.13. The summed E-state index contributed by atoms with van der Waals surface area (Å²) in [5.41, 5.74) is 9.62. The lowest BCUT2D eigenvalue weighted by Gasteiger charge is -2.24.